The number of esters is 2. The summed E-state index contributed by atoms with van der Waals surface area (Å²) in [7, 11) is 0. The molecule has 7 nitrogen and oxygen atoms in total. The molecule has 0 radical (unpaired) electrons. The third kappa shape index (κ3) is 36.4. The lowest BCUT2D eigenvalue weighted by molar-refractivity contribution is -0.144. The molecule has 1 amide bonds. The molecule has 1 aliphatic heterocycles. The molecule has 61 heavy (non-hydrogen) atoms. The van der Waals surface area contributed by atoms with Crippen LogP contribution in [0.4, 0.5) is 0 Å². The van der Waals surface area contributed by atoms with Crippen molar-refractivity contribution in [2.45, 2.75) is 272 Å². The molecule has 1 saturated heterocycles. The van der Waals surface area contributed by atoms with Crippen molar-refractivity contribution in [3.05, 3.63) is 0 Å². The molecule has 7 heteroatoms. The fourth-order valence-corrected chi connectivity index (χ4v) is 9.36. The van der Waals surface area contributed by atoms with Crippen molar-refractivity contribution in [2.24, 2.45) is 11.8 Å². The normalized spacial score (nSPS) is 13.1. The van der Waals surface area contributed by atoms with Crippen LogP contribution in [-0.4, -0.2) is 73.6 Å². The molecule has 1 aliphatic rings. The lowest BCUT2D eigenvalue weighted by Gasteiger charge is -2.25. The summed E-state index contributed by atoms with van der Waals surface area (Å²) in [6.45, 7) is 14.6. The maximum atomic E-state index is 13.3. The number of carbonyl (C=O) groups is 3. The number of hydrogen-bond acceptors (Lipinski definition) is 6. The van der Waals surface area contributed by atoms with Crippen LogP contribution in [0.1, 0.15) is 272 Å². The fraction of sp³-hybridized carbons (Fsp3) is 0.944. The quantitative estimate of drug-likeness (QED) is 0.0448. The Labute approximate surface area is 379 Å². The lowest BCUT2D eigenvalue weighted by Crippen LogP contribution is -2.40. The second-order valence-corrected chi connectivity index (χ2v) is 19.3. The summed E-state index contributed by atoms with van der Waals surface area (Å²) in [6, 6.07) is 0. The number of carbonyl (C=O) groups excluding carboxylic acids is 3. The Bertz CT molecular complexity index is 898. The van der Waals surface area contributed by atoms with E-state index in [0.717, 1.165) is 115 Å². The van der Waals surface area contributed by atoms with Gasteiger partial charge in [0, 0.05) is 25.9 Å². The number of nitrogens with zero attached hydrogens (tertiary/aromatic N) is 2. The van der Waals surface area contributed by atoms with Gasteiger partial charge in [0.25, 0.3) is 0 Å². The molecule has 0 spiro atoms. The molecule has 1 fully saturated rings. The SMILES string of the molecule is CCCCCCC(CCCCCC)CCCOC(=O)CCCCCCCN(CCCCCCCC(=O)OCCCC(CCCCCC)CCCCCC)C(=O)CN1CCCC1. The van der Waals surface area contributed by atoms with Gasteiger partial charge in [-0.15, -0.1) is 0 Å². The van der Waals surface area contributed by atoms with Gasteiger partial charge >= 0.3 is 11.9 Å². The minimum absolute atomic E-state index is 0.0310. The highest BCUT2D eigenvalue weighted by Gasteiger charge is 2.20. The van der Waals surface area contributed by atoms with Gasteiger partial charge < -0.3 is 14.4 Å². The Morgan fingerprint density at radius 3 is 1.13 bits per heavy atom. The topological polar surface area (TPSA) is 76.1 Å². The Hall–Kier alpha value is -1.63. The van der Waals surface area contributed by atoms with E-state index in [9.17, 15) is 14.4 Å². The van der Waals surface area contributed by atoms with Crippen LogP contribution in [0.2, 0.25) is 0 Å². The largest absolute Gasteiger partial charge is 0.466 e. The number of likely N-dealkylation sites (tertiary alicyclic amines) is 1. The number of unbranched alkanes of at least 4 members (excludes halogenated alkanes) is 20. The molecule has 0 bridgehead atoms. The monoisotopic (exact) mass is 861 g/mol. The summed E-state index contributed by atoms with van der Waals surface area (Å²) in [6.07, 6.45) is 44.9. The van der Waals surface area contributed by atoms with Crippen LogP contribution in [0.15, 0.2) is 0 Å². The highest BCUT2D eigenvalue weighted by molar-refractivity contribution is 5.78. The van der Waals surface area contributed by atoms with Gasteiger partial charge in [-0.25, -0.2) is 0 Å². The summed E-state index contributed by atoms with van der Waals surface area (Å²) >= 11 is 0. The van der Waals surface area contributed by atoms with Crippen molar-refractivity contribution >= 4 is 17.8 Å². The van der Waals surface area contributed by atoms with Crippen LogP contribution >= 0.6 is 0 Å². The number of ether oxygens (including phenoxy) is 2. The zero-order chi connectivity index (χ0) is 44.3. The van der Waals surface area contributed by atoms with E-state index in [1.165, 1.54) is 154 Å². The Morgan fingerprint density at radius 1 is 0.426 bits per heavy atom. The molecule has 0 unspecified atom stereocenters. The third-order valence-electron chi connectivity index (χ3n) is 13.4. The summed E-state index contributed by atoms with van der Waals surface area (Å²) in [5.74, 6) is 1.81. The second kappa shape index (κ2) is 43.6. The van der Waals surface area contributed by atoms with Crippen LogP contribution in [0.25, 0.3) is 0 Å². The number of rotatable bonds is 46. The molecule has 0 aromatic carbocycles. The lowest BCUT2D eigenvalue weighted by atomic mass is 9.91. The van der Waals surface area contributed by atoms with E-state index in [4.69, 9.17) is 9.47 Å². The van der Waals surface area contributed by atoms with Crippen molar-refractivity contribution in [1.29, 1.82) is 0 Å². The number of amides is 1. The third-order valence-corrected chi connectivity index (χ3v) is 13.4. The van der Waals surface area contributed by atoms with Crippen LogP contribution < -0.4 is 0 Å². The minimum atomic E-state index is -0.0310. The van der Waals surface area contributed by atoms with Crippen LogP contribution in [0.3, 0.4) is 0 Å². The van der Waals surface area contributed by atoms with Crippen molar-refractivity contribution in [2.75, 3.05) is 45.9 Å². The molecule has 1 heterocycles. The highest BCUT2D eigenvalue weighted by atomic mass is 16.5. The van der Waals surface area contributed by atoms with E-state index in [1.807, 2.05) is 0 Å². The summed E-state index contributed by atoms with van der Waals surface area (Å²) in [5, 5.41) is 0. The highest BCUT2D eigenvalue weighted by Crippen LogP contribution is 2.24. The van der Waals surface area contributed by atoms with Crippen molar-refractivity contribution in [1.82, 2.24) is 9.80 Å². The first-order chi connectivity index (χ1) is 29.9. The second-order valence-electron chi connectivity index (χ2n) is 19.3. The summed E-state index contributed by atoms with van der Waals surface area (Å²) in [5.41, 5.74) is 0. The van der Waals surface area contributed by atoms with Gasteiger partial charge in [0.2, 0.25) is 5.91 Å². The van der Waals surface area contributed by atoms with Crippen molar-refractivity contribution < 1.29 is 23.9 Å². The van der Waals surface area contributed by atoms with E-state index >= 15 is 0 Å². The number of hydrogen-bond donors (Lipinski definition) is 0. The van der Waals surface area contributed by atoms with E-state index in [1.54, 1.807) is 0 Å². The summed E-state index contributed by atoms with van der Waals surface area (Å²) < 4.78 is 11.3. The minimum Gasteiger partial charge on any atom is -0.466 e. The van der Waals surface area contributed by atoms with E-state index in [-0.39, 0.29) is 17.8 Å². The van der Waals surface area contributed by atoms with Gasteiger partial charge in [0.1, 0.15) is 0 Å². The van der Waals surface area contributed by atoms with Crippen molar-refractivity contribution in [3.63, 3.8) is 0 Å². The van der Waals surface area contributed by atoms with Gasteiger partial charge in [-0.3, -0.25) is 19.3 Å². The maximum Gasteiger partial charge on any atom is 0.305 e. The Kier molecular flexibility index (Phi) is 41.0. The molecule has 0 aromatic rings. The molecule has 1 rings (SSSR count). The molecule has 0 aromatic heterocycles. The van der Waals surface area contributed by atoms with E-state index < -0.39 is 0 Å². The molecular weight excluding hydrogens is 757 g/mol. The predicted octanol–water partition coefficient (Wildman–Crippen LogP) is 15.4. The standard InChI is InChI=1S/C54H104N2O5/c1-5-9-13-23-35-50(36-24-14-10-6-2)39-33-47-60-53(58)41-27-19-17-21-29-45-56(52(57)49-55-43-31-32-44-55)46-30-22-18-20-28-42-54(59)61-48-34-40-51(37-25-15-11-7-3)38-26-16-12-8-4/h50-51H,5-49H2,1-4H3. The molecule has 0 aliphatic carbocycles. The van der Waals surface area contributed by atoms with Crippen LogP contribution in [0, 0.1) is 11.8 Å². The fourth-order valence-electron chi connectivity index (χ4n) is 9.36. The Morgan fingerprint density at radius 2 is 0.754 bits per heavy atom. The molecule has 0 N–H and O–H groups in total. The average molecular weight is 861 g/mol. The molecule has 360 valence electrons. The van der Waals surface area contributed by atoms with Crippen molar-refractivity contribution in [3.8, 4) is 0 Å². The zero-order valence-electron chi connectivity index (χ0n) is 41.4. The molecular formula is C54H104N2O5. The van der Waals surface area contributed by atoms with Gasteiger partial charge in [-0.1, -0.05) is 195 Å². The van der Waals surface area contributed by atoms with Gasteiger partial charge in [-0.05, 0) is 89.1 Å². The molecule has 0 atom stereocenters. The van der Waals surface area contributed by atoms with Crippen LogP contribution in [-0.2, 0) is 23.9 Å². The first-order valence-corrected chi connectivity index (χ1v) is 27.2. The van der Waals surface area contributed by atoms with Gasteiger partial charge in [0.15, 0.2) is 0 Å². The Balaban J connectivity index is 2.24. The van der Waals surface area contributed by atoms with Crippen LogP contribution in [0.5, 0.6) is 0 Å². The predicted molar refractivity (Wildman–Crippen MR) is 260 cm³/mol. The van der Waals surface area contributed by atoms with E-state index in [2.05, 4.69) is 37.5 Å². The smallest absolute Gasteiger partial charge is 0.305 e. The summed E-state index contributed by atoms with van der Waals surface area (Å²) in [4.78, 5) is 42.6. The average Bonchev–Trinajstić information content (AvgIpc) is 3.78. The first kappa shape index (κ1) is 57.4. The molecule has 0 saturated carbocycles. The maximum absolute atomic E-state index is 13.3. The van der Waals surface area contributed by atoms with E-state index in [0.29, 0.717) is 32.6 Å². The van der Waals surface area contributed by atoms with Gasteiger partial charge in [-0.2, -0.15) is 0 Å². The van der Waals surface area contributed by atoms with Gasteiger partial charge in [0.05, 0.1) is 19.8 Å². The zero-order valence-corrected chi connectivity index (χ0v) is 41.4. The first-order valence-electron chi connectivity index (χ1n) is 27.2.